The summed E-state index contributed by atoms with van der Waals surface area (Å²) < 4.78 is 0. The standard InChI is InChI=1S/C8H10N2OS/c1-2-3-8-10-6(5-12-8)7(11)4-9/h5,7,11H,2-3H2,1H3. The van der Waals surface area contributed by atoms with Crippen molar-refractivity contribution in [1.82, 2.24) is 4.98 Å². The van der Waals surface area contributed by atoms with Crippen molar-refractivity contribution in [3.8, 4) is 6.07 Å². The predicted molar refractivity (Wildman–Crippen MR) is 46.7 cm³/mol. The van der Waals surface area contributed by atoms with Gasteiger partial charge in [0.05, 0.1) is 10.7 Å². The molecule has 0 aromatic carbocycles. The fourth-order valence-electron chi connectivity index (χ4n) is 0.846. The third-order valence-electron chi connectivity index (χ3n) is 1.44. The second-order valence-electron chi connectivity index (χ2n) is 2.45. The van der Waals surface area contributed by atoms with Gasteiger partial charge in [-0.15, -0.1) is 11.3 Å². The average molecular weight is 182 g/mol. The molecular formula is C8H10N2OS. The van der Waals surface area contributed by atoms with Gasteiger partial charge in [0.1, 0.15) is 6.07 Å². The molecule has 1 aromatic heterocycles. The Morgan fingerprint density at radius 3 is 3.17 bits per heavy atom. The summed E-state index contributed by atoms with van der Waals surface area (Å²) in [5.74, 6) is 0. The molecular weight excluding hydrogens is 172 g/mol. The lowest BCUT2D eigenvalue weighted by Crippen LogP contribution is -1.93. The first kappa shape index (κ1) is 9.17. The number of rotatable bonds is 3. The van der Waals surface area contributed by atoms with Gasteiger partial charge in [-0.1, -0.05) is 6.92 Å². The number of aliphatic hydroxyl groups is 1. The Labute approximate surface area is 75.3 Å². The van der Waals surface area contributed by atoms with Crippen LogP contribution in [0.5, 0.6) is 0 Å². The highest BCUT2D eigenvalue weighted by molar-refractivity contribution is 7.09. The van der Waals surface area contributed by atoms with Crippen molar-refractivity contribution in [2.45, 2.75) is 25.9 Å². The van der Waals surface area contributed by atoms with E-state index in [0.717, 1.165) is 17.8 Å². The number of nitriles is 1. The first-order valence-electron chi connectivity index (χ1n) is 3.80. The van der Waals surface area contributed by atoms with Crippen LogP contribution in [0.1, 0.15) is 30.2 Å². The van der Waals surface area contributed by atoms with E-state index in [1.807, 2.05) is 0 Å². The minimum Gasteiger partial charge on any atom is -0.373 e. The van der Waals surface area contributed by atoms with Crippen molar-refractivity contribution in [3.63, 3.8) is 0 Å². The van der Waals surface area contributed by atoms with E-state index in [1.165, 1.54) is 11.3 Å². The fourth-order valence-corrected chi connectivity index (χ4v) is 1.76. The van der Waals surface area contributed by atoms with Gasteiger partial charge in [-0.2, -0.15) is 5.26 Å². The summed E-state index contributed by atoms with van der Waals surface area (Å²) in [6.07, 6.45) is 0.894. The first-order valence-corrected chi connectivity index (χ1v) is 4.68. The van der Waals surface area contributed by atoms with Gasteiger partial charge in [0, 0.05) is 5.38 Å². The molecule has 0 amide bonds. The van der Waals surface area contributed by atoms with Crippen LogP contribution in [0.2, 0.25) is 0 Å². The molecule has 0 aliphatic carbocycles. The Kier molecular flexibility index (Phi) is 3.20. The molecule has 1 unspecified atom stereocenters. The zero-order valence-electron chi connectivity index (χ0n) is 6.82. The van der Waals surface area contributed by atoms with Gasteiger partial charge in [0.15, 0.2) is 6.10 Å². The molecule has 1 heterocycles. The molecule has 0 bridgehead atoms. The van der Waals surface area contributed by atoms with Crippen LogP contribution >= 0.6 is 11.3 Å². The number of aromatic nitrogens is 1. The van der Waals surface area contributed by atoms with Crippen molar-refractivity contribution in [2.75, 3.05) is 0 Å². The quantitative estimate of drug-likeness (QED) is 0.723. The molecule has 0 spiro atoms. The Bertz CT molecular complexity index is 289. The lowest BCUT2D eigenvalue weighted by molar-refractivity contribution is 0.231. The van der Waals surface area contributed by atoms with Gasteiger partial charge in [-0.05, 0) is 12.8 Å². The highest BCUT2D eigenvalue weighted by Gasteiger charge is 2.09. The van der Waals surface area contributed by atoms with Crippen LogP contribution in [0, 0.1) is 11.3 Å². The summed E-state index contributed by atoms with van der Waals surface area (Å²) in [5, 5.41) is 20.2. The van der Waals surface area contributed by atoms with Crippen molar-refractivity contribution in [1.29, 1.82) is 5.26 Å². The monoisotopic (exact) mass is 182 g/mol. The maximum atomic E-state index is 9.09. The van der Waals surface area contributed by atoms with Crippen LogP contribution in [0.4, 0.5) is 0 Å². The molecule has 0 radical (unpaired) electrons. The van der Waals surface area contributed by atoms with E-state index in [-0.39, 0.29) is 0 Å². The van der Waals surface area contributed by atoms with Crippen LogP contribution in [-0.2, 0) is 6.42 Å². The van der Waals surface area contributed by atoms with Crippen LogP contribution < -0.4 is 0 Å². The molecule has 3 nitrogen and oxygen atoms in total. The molecule has 0 saturated heterocycles. The number of thiazole rings is 1. The summed E-state index contributed by atoms with van der Waals surface area (Å²) in [5.41, 5.74) is 0.478. The van der Waals surface area contributed by atoms with Gasteiger partial charge in [0.25, 0.3) is 0 Å². The Morgan fingerprint density at radius 2 is 2.58 bits per heavy atom. The van der Waals surface area contributed by atoms with Crippen LogP contribution in [0.15, 0.2) is 5.38 Å². The van der Waals surface area contributed by atoms with Crippen molar-refractivity contribution >= 4 is 11.3 Å². The largest absolute Gasteiger partial charge is 0.373 e. The van der Waals surface area contributed by atoms with Gasteiger partial charge in [-0.3, -0.25) is 0 Å². The van der Waals surface area contributed by atoms with Gasteiger partial charge in [0.2, 0.25) is 0 Å². The molecule has 1 N–H and O–H groups in total. The molecule has 12 heavy (non-hydrogen) atoms. The van der Waals surface area contributed by atoms with Gasteiger partial charge >= 0.3 is 0 Å². The van der Waals surface area contributed by atoms with E-state index in [4.69, 9.17) is 10.4 Å². The van der Waals surface area contributed by atoms with Gasteiger partial charge in [-0.25, -0.2) is 4.98 Å². The summed E-state index contributed by atoms with van der Waals surface area (Å²) >= 11 is 1.50. The van der Waals surface area contributed by atoms with E-state index >= 15 is 0 Å². The topological polar surface area (TPSA) is 56.9 Å². The first-order chi connectivity index (χ1) is 5.77. The Morgan fingerprint density at radius 1 is 1.83 bits per heavy atom. The summed E-state index contributed by atoms with van der Waals surface area (Å²) in [7, 11) is 0. The van der Waals surface area contributed by atoms with Crippen LogP contribution in [-0.4, -0.2) is 10.1 Å². The number of hydrogen-bond donors (Lipinski definition) is 1. The number of hydrogen-bond acceptors (Lipinski definition) is 4. The molecule has 1 atom stereocenters. The van der Waals surface area contributed by atoms with E-state index in [2.05, 4.69) is 11.9 Å². The molecule has 4 heteroatoms. The number of aryl methyl sites for hydroxylation is 1. The Balaban J connectivity index is 2.71. The van der Waals surface area contributed by atoms with Crippen molar-refractivity contribution in [3.05, 3.63) is 16.1 Å². The molecule has 0 aliphatic heterocycles. The van der Waals surface area contributed by atoms with E-state index < -0.39 is 6.10 Å². The maximum Gasteiger partial charge on any atom is 0.183 e. The second kappa shape index (κ2) is 4.19. The Hall–Kier alpha value is -0.920. The smallest absolute Gasteiger partial charge is 0.183 e. The minimum absolute atomic E-state index is 0.478. The van der Waals surface area contributed by atoms with E-state index in [0.29, 0.717) is 5.69 Å². The molecule has 64 valence electrons. The molecule has 0 saturated carbocycles. The van der Waals surface area contributed by atoms with E-state index in [1.54, 1.807) is 11.4 Å². The zero-order chi connectivity index (χ0) is 8.97. The zero-order valence-corrected chi connectivity index (χ0v) is 7.64. The minimum atomic E-state index is -1.06. The molecule has 0 aliphatic rings. The van der Waals surface area contributed by atoms with Crippen LogP contribution in [0.3, 0.4) is 0 Å². The molecule has 0 fully saturated rings. The van der Waals surface area contributed by atoms with Gasteiger partial charge < -0.3 is 5.11 Å². The summed E-state index contributed by atoms with van der Waals surface area (Å²) in [6, 6.07) is 1.74. The van der Waals surface area contributed by atoms with Crippen LogP contribution in [0.25, 0.3) is 0 Å². The third kappa shape index (κ3) is 2.03. The second-order valence-corrected chi connectivity index (χ2v) is 3.39. The molecule has 1 aromatic rings. The maximum absolute atomic E-state index is 9.09. The number of nitrogens with zero attached hydrogens (tertiary/aromatic N) is 2. The lowest BCUT2D eigenvalue weighted by Gasteiger charge is -1.93. The number of aliphatic hydroxyl groups excluding tert-OH is 1. The normalized spacial score (nSPS) is 12.4. The van der Waals surface area contributed by atoms with E-state index in [9.17, 15) is 0 Å². The fraction of sp³-hybridized carbons (Fsp3) is 0.500. The lowest BCUT2D eigenvalue weighted by atomic mass is 10.3. The molecule has 1 rings (SSSR count). The summed E-state index contributed by atoms with van der Waals surface area (Å²) in [6.45, 7) is 2.07. The third-order valence-corrected chi connectivity index (χ3v) is 2.36. The predicted octanol–water partition coefficient (Wildman–Crippen LogP) is 1.65. The average Bonchev–Trinajstić information content (AvgIpc) is 2.52. The SMILES string of the molecule is CCCc1nc(C(O)C#N)cs1. The summed E-state index contributed by atoms with van der Waals surface area (Å²) in [4.78, 5) is 4.12. The highest BCUT2D eigenvalue weighted by atomic mass is 32.1. The highest BCUT2D eigenvalue weighted by Crippen LogP contribution is 2.16. The van der Waals surface area contributed by atoms with Crippen molar-refractivity contribution in [2.24, 2.45) is 0 Å². The van der Waals surface area contributed by atoms with Crippen molar-refractivity contribution < 1.29 is 5.11 Å².